The summed E-state index contributed by atoms with van der Waals surface area (Å²) in [5.74, 6) is -3.62. The zero-order chi connectivity index (χ0) is 21.7. The highest BCUT2D eigenvalue weighted by Crippen LogP contribution is 2.22. The van der Waals surface area contributed by atoms with Gasteiger partial charge in [-0.05, 0) is 61.6 Å². The van der Waals surface area contributed by atoms with E-state index in [9.17, 15) is 18.4 Å². The highest BCUT2D eigenvalue weighted by Gasteiger charge is 2.27. The second kappa shape index (κ2) is 9.69. The van der Waals surface area contributed by atoms with Crippen LogP contribution in [0.2, 0.25) is 0 Å². The molecule has 1 fully saturated rings. The minimum atomic E-state index is -0.969. The Morgan fingerprint density at radius 1 is 0.933 bits per heavy atom. The Balaban J connectivity index is 1.67. The van der Waals surface area contributed by atoms with Gasteiger partial charge in [0.05, 0.1) is 0 Å². The predicted octanol–water partition coefficient (Wildman–Crippen LogP) is 4.35. The number of amides is 2. The molecule has 0 spiro atoms. The molecule has 0 radical (unpaired) electrons. The third-order valence-electron chi connectivity index (χ3n) is 5.28. The number of rotatable bonds is 6. The van der Waals surface area contributed by atoms with Gasteiger partial charge >= 0.3 is 0 Å². The number of halogens is 2. The predicted molar refractivity (Wildman–Crippen MR) is 114 cm³/mol. The van der Waals surface area contributed by atoms with Crippen molar-refractivity contribution in [2.24, 2.45) is 5.92 Å². The van der Waals surface area contributed by atoms with E-state index in [1.807, 2.05) is 24.3 Å². The lowest BCUT2D eigenvalue weighted by Gasteiger charge is -2.29. The summed E-state index contributed by atoms with van der Waals surface area (Å²) in [6.45, 7) is 5.56. The number of piperidine rings is 1. The lowest BCUT2D eigenvalue weighted by atomic mass is 10.0. The Morgan fingerprint density at radius 2 is 1.53 bits per heavy atom. The third kappa shape index (κ3) is 5.14. The number of hydrogen-bond acceptors (Lipinski definition) is 3. The molecule has 1 aliphatic rings. The van der Waals surface area contributed by atoms with Crippen molar-refractivity contribution in [1.29, 1.82) is 0 Å². The first-order valence-electron chi connectivity index (χ1n) is 10.3. The van der Waals surface area contributed by atoms with E-state index in [1.54, 1.807) is 13.8 Å². The lowest BCUT2D eigenvalue weighted by Crippen LogP contribution is -2.47. The number of nitrogens with one attached hydrogen (secondary N) is 2. The molecule has 0 bridgehead atoms. The van der Waals surface area contributed by atoms with Gasteiger partial charge < -0.3 is 15.5 Å². The molecule has 1 aliphatic heterocycles. The first-order valence-corrected chi connectivity index (χ1v) is 10.3. The molecule has 3 rings (SSSR count). The highest BCUT2D eigenvalue weighted by atomic mass is 19.1. The number of anilines is 2. The largest absolute Gasteiger partial charge is 0.372 e. The first-order chi connectivity index (χ1) is 14.4. The third-order valence-corrected chi connectivity index (χ3v) is 5.28. The van der Waals surface area contributed by atoms with Crippen LogP contribution in [0.4, 0.5) is 20.2 Å². The average molecular weight is 415 g/mol. The molecular formula is C23H27F2N3O2. The fourth-order valence-electron chi connectivity index (χ4n) is 3.59. The fourth-order valence-corrected chi connectivity index (χ4v) is 3.59. The maximum atomic E-state index is 13.9. The average Bonchev–Trinajstić information content (AvgIpc) is 2.73. The molecule has 2 aromatic rings. The molecular weight excluding hydrogens is 388 g/mol. The molecule has 0 aliphatic carbocycles. The minimum absolute atomic E-state index is 0.281. The van der Waals surface area contributed by atoms with E-state index in [1.165, 1.54) is 25.3 Å². The number of nitrogens with zero attached hydrogens (tertiary/aromatic N) is 1. The summed E-state index contributed by atoms with van der Waals surface area (Å²) >= 11 is 0. The molecule has 160 valence electrons. The molecule has 2 N–H and O–H groups in total. The van der Waals surface area contributed by atoms with Crippen LogP contribution in [-0.4, -0.2) is 30.9 Å². The van der Waals surface area contributed by atoms with E-state index in [4.69, 9.17) is 0 Å². The Morgan fingerprint density at radius 3 is 2.10 bits per heavy atom. The number of carbonyl (C=O) groups excluding carboxylic acids is 2. The van der Waals surface area contributed by atoms with Gasteiger partial charge in [0, 0.05) is 24.5 Å². The van der Waals surface area contributed by atoms with Gasteiger partial charge in [-0.25, -0.2) is 8.78 Å². The van der Waals surface area contributed by atoms with Crippen LogP contribution in [0.15, 0.2) is 42.5 Å². The maximum absolute atomic E-state index is 13.9. The minimum Gasteiger partial charge on any atom is -0.372 e. The van der Waals surface area contributed by atoms with Crippen molar-refractivity contribution in [2.75, 3.05) is 23.3 Å². The van der Waals surface area contributed by atoms with Crippen LogP contribution >= 0.6 is 0 Å². The number of benzene rings is 2. The lowest BCUT2D eigenvalue weighted by molar-refractivity contribution is -0.118. The molecule has 0 saturated carbocycles. The Kier molecular flexibility index (Phi) is 7.03. The van der Waals surface area contributed by atoms with Crippen LogP contribution in [0, 0.1) is 17.6 Å². The van der Waals surface area contributed by atoms with Crippen molar-refractivity contribution in [1.82, 2.24) is 5.32 Å². The van der Waals surface area contributed by atoms with Crippen LogP contribution in [0.1, 0.15) is 43.5 Å². The van der Waals surface area contributed by atoms with E-state index < -0.39 is 35.1 Å². The Bertz CT molecular complexity index is 874. The van der Waals surface area contributed by atoms with Crippen molar-refractivity contribution in [3.63, 3.8) is 0 Å². The summed E-state index contributed by atoms with van der Waals surface area (Å²) in [5, 5.41) is 5.24. The maximum Gasteiger partial charge on any atom is 0.257 e. The Hall–Kier alpha value is -2.96. The van der Waals surface area contributed by atoms with Gasteiger partial charge in [0.15, 0.2) is 0 Å². The zero-order valence-electron chi connectivity index (χ0n) is 17.3. The molecule has 2 amide bonds. The topological polar surface area (TPSA) is 61.4 Å². The van der Waals surface area contributed by atoms with Gasteiger partial charge in [0.25, 0.3) is 5.91 Å². The molecule has 1 atom stereocenters. The van der Waals surface area contributed by atoms with Crippen LogP contribution in [0.3, 0.4) is 0 Å². The van der Waals surface area contributed by atoms with Crippen LogP contribution in [0.5, 0.6) is 0 Å². The first kappa shape index (κ1) is 21.7. The van der Waals surface area contributed by atoms with E-state index >= 15 is 0 Å². The van der Waals surface area contributed by atoms with Gasteiger partial charge in [0.1, 0.15) is 23.2 Å². The van der Waals surface area contributed by atoms with Gasteiger partial charge in [-0.2, -0.15) is 0 Å². The molecule has 5 nitrogen and oxygen atoms in total. The van der Waals surface area contributed by atoms with Crippen molar-refractivity contribution in [2.45, 2.75) is 39.2 Å². The Labute approximate surface area is 175 Å². The summed E-state index contributed by atoms with van der Waals surface area (Å²) in [6.07, 6.45) is 3.61. The smallest absolute Gasteiger partial charge is 0.257 e. The van der Waals surface area contributed by atoms with Crippen LogP contribution in [-0.2, 0) is 4.79 Å². The molecule has 0 aromatic heterocycles. The number of carbonyl (C=O) groups is 2. The van der Waals surface area contributed by atoms with E-state index in [2.05, 4.69) is 15.5 Å². The van der Waals surface area contributed by atoms with Gasteiger partial charge in [0.2, 0.25) is 5.91 Å². The summed E-state index contributed by atoms with van der Waals surface area (Å²) in [7, 11) is 0. The molecule has 30 heavy (non-hydrogen) atoms. The SMILES string of the molecule is CC(C)[C@@H](NC(=O)c1c(F)cccc1F)C(=O)Nc1ccc(N2CCCCC2)cc1. The molecule has 0 unspecified atom stereocenters. The summed E-state index contributed by atoms with van der Waals surface area (Å²) < 4.78 is 27.8. The van der Waals surface area contributed by atoms with Crippen LogP contribution in [0.25, 0.3) is 0 Å². The fraction of sp³-hybridized carbons (Fsp3) is 0.391. The zero-order valence-corrected chi connectivity index (χ0v) is 17.3. The van der Waals surface area contributed by atoms with Crippen LogP contribution < -0.4 is 15.5 Å². The van der Waals surface area contributed by atoms with Gasteiger partial charge in [-0.3, -0.25) is 9.59 Å². The van der Waals surface area contributed by atoms with Crippen molar-refractivity contribution in [3.8, 4) is 0 Å². The summed E-state index contributed by atoms with van der Waals surface area (Å²) in [6, 6.07) is 9.80. The van der Waals surface area contributed by atoms with Crippen molar-refractivity contribution in [3.05, 3.63) is 59.7 Å². The second-order valence-corrected chi connectivity index (χ2v) is 7.88. The molecule has 7 heteroatoms. The molecule has 1 heterocycles. The second-order valence-electron chi connectivity index (χ2n) is 7.88. The van der Waals surface area contributed by atoms with Crippen molar-refractivity contribution < 1.29 is 18.4 Å². The standard InChI is InChI=1S/C23H27F2N3O2/c1-15(2)21(27-22(29)20-18(24)7-6-8-19(20)25)23(30)26-16-9-11-17(12-10-16)28-13-4-3-5-14-28/h6-12,15,21H,3-5,13-14H2,1-2H3,(H,26,30)(H,27,29)/t21-/m1/s1. The quantitative estimate of drug-likeness (QED) is 0.738. The summed E-state index contributed by atoms with van der Waals surface area (Å²) in [5.41, 5.74) is 1.01. The van der Waals surface area contributed by atoms with E-state index in [0.29, 0.717) is 5.69 Å². The van der Waals surface area contributed by atoms with Crippen molar-refractivity contribution >= 4 is 23.2 Å². The molecule has 1 saturated heterocycles. The van der Waals surface area contributed by atoms with Gasteiger partial charge in [-0.15, -0.1) is 0 Å². The van der Waals surface area contributed by atoms with Gasteiger partial charge in [-0.1, -0.05) is 19.9 Å². The normalized spacial score (nSPS) is 15.0. The monoisotopic (exact) mass is 415 g/mol. The highest BCUT2D eigenvalue weighted by molar-refractivity contribution is 6.01. The van der Waals surface area contributed by atoms with E-state index in [-0.39, 0.29) is 5.92 Å². The van der Waals surface area contributed by atoms with E-state index in [0.717, 1.165) is 30.9 Å². The number of hydrogen-bond donors (Lipinski definition) is 2. The molecule has 2 aromatic carbocycles. The summed E-state index contributed by atoms with van der Waals surface area (Å²) in [4.78, 5) is 27.5.